The third-order valence-corrected chi connectivity index (χ3v) is 6.58. The molecule has 0 saturated carbocycles. The normalized spacial score (nSPS) is 15.1. The number of hydrogen-bond donors (Lipinski definition) is 1. The molecule has 1 atom stereocenters. The van der Waals surface area contributed by atoms with Crippen LogP contribution in [0, 0.1) is 18.3 Å². The summed E-state index contributed by atoms with van der Waals surface area (Å²) in [5, 5.41) is 17.5. The zero-order valence-electron chi connectivity index (χ0n) is 21.8. The summed E-state index contributed by atoms with van der Waals surface area (Å²) in [6.07, 6.45) is 5.30. The van der Waals surface area contributed by atoms with Crippen molar-refractivity contribution >= 4 is 12.0 Å². The van der Waals surface area contributed by atoms with Crippen molar-refractivity contribution in [2.75, 3.05) is 13.2 Å². The van der Waals surface area contributed by atoms with Crippen LogP contribution in [0.2, 0.25) is 0 Å². The van der Waals surface area contributed by atoms with Gasteiger partial charge in [-0.3, -0.25) is 4.79 Å². The predicted octanol–water partition coefficient (Wildman–Crippen LogP) is 5.63. The molecule has 7 nitrogen and oxygen atoms in total. The number of carbonyl (C=O) groups is 1. The number of nitrogens with zero attached hydrogens (tertiary/aromatic N) is 3. The summed E-state index contributed by atoms with van der Waals surface area (Å²) in [6.45, 7) is 3.59. The first kappa shape index (κ1) is 26.0. The van der Waals surface area contributed by atoms with Crippen LogP contribution < -0.4 is 10.1 Å². The van der Waals surface area contributed by atoms with Gasteiger partial charge in [0.2, 0.25) is 0 Å². The first-order valence-electron chi connectivity index (χ1n) is 13.0. The molecule has 1 unspecified atom stereocenters. The van der Waals surface area contributed by atoms with E-state index >= 15 is 0 Å². The lowest BCUT2D eigenvalue weighted by Crippen LogP contribution is -2.32. The molecule has 1 aromatic heterocycles. The van der Waals surface area contributed by atoms with Gasteiger partial charge in [0.05, 0.1) is 11.8 Å². The van der Waals surface area contributed by atoms with Gasteiger partial charge in [0.1, 0.15) is 29.7 Å². The molecule has 1 aliphatic heterocycles. The van der Waals surface area contributed by atoms with Gasteiger partial charge in [-0.15, -0.1) is 0 Å². The highest BCUT2D eigenvalue weighted by molar-refractivity contribution is 6.02. The molecular weight excluding hydrogens is 488 g/mol. The summed E-state index contributed by atoms with van der Waals surface area (Å²) in [5.74, 6) is 0.272. The minimum absolute atomic E-state index is 0.00654. The highest BCUT2D eigenvalue weighted by Gasteiger charge is 2.19. The second kappa shape index (κ2) is 12.2. The Kier molecular flexibility index (Phi) is 8.15. The quantitative estimate of drug-likeness (QED) is 0.229. The van der Waals surface area contributed by atoms with E-state index in [9.17, 15) is 10.1 Å². The maximum atomic E-state index is 12.9. The summed E-state index contributed by atoms with van der Waals surface area (Å²) in [4.78, 5) is 12.9. The fourth-order valence-corrected chi connectivity index (χ4v) is 4.43. The van der Waals surface area contributed by atoms with Crippen LogP contribution in [0.1, 0.15) is 29.5 Å². The van der Waals surface area contributed by atoms with Gasteiger partial charge in [-0.25, -0.2) is 4.68 Å². The Morgan fingerprint density at radius 1 is 1.15 bits per heavy atom. The van der Waals surface area contributed by atoms with Gasteiger partial charge in [-0.2, -0.15) is 10.4 Å². The predicted molar refractivity (Wildman–Crippen MR) is 150 cm³/mol. The molecule has 1 fully saturated rings. The van der Waals surface area contributed by atoms with Gasteiger partial charge in [0.15, 0.2) is 0 Å². The molecular formula is C32H30N4O3. The molecule has 5 rings (SSSR count). The molecule has 7 heteroatoms. The average Bonchev–Trinajstić information content (AvgIpc) is 3.65. The van der Waals surface area contributed by atoms with Gasteiger partial charge in [-0.05, 0) is 55.7 Å². The van der Waals surface area contributed by atoms with E-state index in [1.54, 1.807) is 10.8 Å². The van der Waals surface area contributed by atoms with Crippen molar-refractivity contribution in [2.45, 2.75) is 32.5 Å². The second-order valence-corrected chi connectivity index (χ2v) is 9.53. The number of nitrogens with one attached hydrogen (secondary N) is 1. The number of aryl methyl sites for hydroxylation is 1. The lowest BCUT2D eigenvalue weighted by molar-refractivity contribution is -0.117. The van der Waals surface area contributed by atoms with Crippen LogP contribution in [0.4, 0.5) is 0 Å². The van der Waals surface area contributed by atoms with Crippen LogP contribution in [0.15, 0.2) is 90.6 Å². The molecule has 2 heterocycles. The molecule has 0 spiro atoms. The molecule has 1 amide bonds. The van der Waals surface area contributed by atoms with Crippen LogP contribution in [-0.4, -0.2) is 34.9 Å². The first-order chi connectivity index (χ1) is 19.1. The fourth-order valence-electron chi connectivity index (χ4n) is 4.43. The van der Waals surface area contributed by atoms with Crippen LogP contribution in [0.25, 0.3) is 23.0 Å². The van der Waals surface area contributed by atoms with Crippen molar-refractivity contribution < 1.29 is 14.3 Å². The zero-order valence-corrected chi connectivity index (χ0v) is 21.8. The van der Waals surface area contributed by atoms with Gasteiger partial charge >= 0.3 is 0 Å². The molecule has 0 aliphatic carbocycles. The average molecular weight is 519 g/mol. The summed E-state index contributed by atoms with van der Waals surface area (Å²) < 4.78 is 13.4. The van der Waals surface area contributed by atoms with E-state index in [0.717, 1.165) is 29.7 Å². The van der Waals surface area contributed by atoms with Crippen molar-refractivity contribution in [1.29, 1.82) is 5.26 Å². The summed E-state index contributed by atoms with van der Waals surface area (Å²) in [5.41, 5.74) is 5.26. The monoisotopic (exact) mass is 518 g/mol. The van der Waals surface area contributed by atoms with Gasteiger partial charge < -0.3 is 14.8 Å². The van der Waals surface area contributed by atoms with Crippen molar-refractivity contribution in [3.8, 4) is 28.8 Å². The van der Waals surface area contributed by atoms with Crippen molar-refractivity contribution in [3.63, 3.8) is 0 Å². The third-order valence-electron chi connectivity index (χ3n) is 6.58. The van der Waals surface area contributed by atoms with E-state index in [0.29, 0.717) is 36.8 Å². The van der Waals surface area contributed by atoms with E-state index < -0.39 is 5.91 Å². The highest BCUT2D eigenvalue weighted by Crippen LogP contribution is 2.29. The van der Waals surface area contributed by atoms with Crippen LogP contribution in [0.3, 0.4) is 0 Å². The van der Waals surface area contributed by atoms with Gasteiger partial charge in [0, 0.05) is 30.5 Å². The maximum Gasteiger partial charge on any atom is 0.262 e. The van der Waals surface area contributed by atoms with Crippen LogP contribution in [0.5, 0.6) is 5.75 Å². The van der Waals surface area contributed by atoms with E-state index in [1.807, 2.05) is 60.8 Å². The maximum absolute atomic E-state index is 12.9. The van der Waals surface area contributed by atoms with Gasteiger partial charge in [-0.1, -0.05) is 60.2 Å². The van der Waals surface area contributed by atoms with E-state index in [1.165, 1.54) is 5.56 Å². The Morgan fingerprint density at radius 2 is 1.97 bits per heavy atom. The number of aromatic nitrogens is 2. The van der Waals surface area contributed by atoms with Crippen molar-refractivity contribution in [3.05, 3.63) is 107 Å². The number of hydrogen-bond acceptors (Lipinski definition) is 5. The molecule has 4 aromatic rings. The number of benzene rings is 3. The van der Waals surface area contributed by atoms with E-state index in [-0.39, 0.29) is 11.7 Å². The second-order valence-electron chi connectivity index (χ2n) is 9.53. The molecule has 0 radical (unpaired) electrons. The zero-order chi connectivity index (χ0) is 27.0. The van der Waals surface area contributed by atoms with Crippen molar-refractivity contribution in [1.82, 2.24) is 15.1 Å². The van der Waals surface area contributed by atoms with E-state index in [2.05, 4.69) is 42.6 Å². The smallest absolute Gasteiger partial charge is 0.262 e. The summed E-state index contributed by atoms with van der Waals surface area (Å²) >= 11 is 0. The number of carbonyl (C=O) groups excluding carboxylic acids is 1. The first-order valence-corrected chi connectivity index (χ1v) is 13.0. The number of rotatable bonds is 9. The Hall–Kier alpha value is -4.67. The van der Waals surface area contributed by atoms with E-state index in [4.69, 9.17) is 14.6 Å². The minimum Gasteiger partial charge on any atom is -0.489 e. The Balaban J connectivity index is 1.43. The Morgan fingerprint density at radius 3 is 2.72 bits per heavy atom. The fraction of sp³-hybridized carbons (Fsp3) is 0.219. The Labute approximate surface area is 228 Å². The molecule has 1 N–H and O–H groups in total. The summed E-state index contributed by atoms with van der Waals surface area (Å²) in [6, 6.07) is 27.7. The largest absolute Gasteiger partial charge is 0.489 e. The lowest BCUT2D eigenvalue weighted by atomic mass is 10.1. The Bertz CT molecular complexity index is 1490. The van der Waals surface area contributed by atoms with Crippen molar-refractivity contribution in [2.24, 2.45) is 0 Å². The molecule has 3 aromatic carbocycles. The SMILES string of the molecule is Cc1ccc(COc2cccc(-c3nn(-c4ccccc4)cc3C=C(C#N)C(=O)NCC3CCCO3)c2)cc1. The molecule has 0 bridgehead atoms. The molecule has 39 heavy (non-hydrogen) atoms. The van der Waals surface area contributed by atoms with Crippen LogP contribution in [-0.2, 0) is 16.1 Å². The van der Waals surface area contributed by atoms with Gasteiger partial charge in [0.25, 0.3) is 5.91 Å². The molecule has 1 aliphatic rings. The highest BCUT2D eigenvalue weighted by atomic mass is 16.5. The number of nitriles is 1. The minimum atomic E-state index is -0.429. The topological polar surface area (TPSA) is 89.2 Å². The number of para-hydroxylation sites is 1. The van der Waals surface area contributed by atoms with Crippen LogP contribution >= 0.6 is 0 Å². The molecule has 196 valence electrons. The lowest BCUT2D eigenvalue weighted by Gasteiger charge is -2.10. The third kappa shape index (κ3) is 6.61. The molecule has 1 saturated heterocycles. The number of amides is 1. The number of ether oxygens (including phenoxy) is 2. The summed E-state index contributed by atoms with van der Waals surface area (Å²) in [7, 11) is 0. The standard InChI is InChI=1S/C32H30N4O3/c1-23-12-14-24(15-13-23)22-39-29-10-5-7-25(18-29)31-27(21-36(35-31)28-8-3-2-4-9-28)17-26(19-33)32(37)34-20-30-11-6-16-38-30/h2-5,7-10,12-15,17-18,21,30H,6,11,16,20,22H2,1H3,(H,34,37).